The van der Waals surface area contributed by atoms with Crippen LogP contribution in [0.15, 0.2) is 48.8 Å². The highest BCUT2D eigenvalue weighted by atomic mass is 14.6. The molecule has 0 amide bonds. The van der Waals surface area contributed by atoms with Crippen molar-refractivity contribution < 1.29 is 0 Å². The maximum absolute atomic E-state index is 4.20. The SMILES string of the molecule is CCC(c1ccc(C)cc1)c1cccnc1. The predicted molar refractivity (Wildman–Crippen MR) is 67.6 cm³/mol. The number of rotatable bonds is 3. The van der Waals surface area contributed by atoms with Crippen molar-refractivity contribution in [3.8, 4) is 0 Å². The van der Waals surface area contributed by atoms with E-state index in [-0.39, 0.29) is 0 Å². The summed E-state index contributed by atoms with van der Waals surface area (Å²) in [4.78, 5) is 4.20. The Labute approximate surface area is 97.2 Å². The number of aromatic nitrogens is 1. The Hall–Kier alpha value is -1.63. The van der Waals surface area contributed by atoms with Crippen LogP contribution >= 0.6 is 0 Å². The van der Waals surface area contributed by atoms with E-state index in [4.69, 9.17) is 0 Å². The Kier molecular flexibility index (Phi) is 3.35. The first-order valence-electron chi connectivity index (χ1n) is 5.77. The van der Waals surface area contributed by atoms with Gasteiger partial charge in [-0.05, 0) is 30.5 Å². The molecule has 0 saturated heterocycles. The normalized spacial score (nSPS) is 12.4. The largest absolute Gasteiger partial charge is 0.264 e. The molecule has 1 aromatic heterocycles. The average molecular weight is 211 g/mol. The van der Waals surface area contributed by atoms with E-state index in [1.165, 1.54) is 16.7 Å². The van der Waals surface area contributed by atoms with Crippen molar-refractivity contribution in [2.24, 2.45) is 0 Å². The second kappa shape index (κ2) is 4.93. The van der Waals surface area contributed by atoms with Crippen LogP contribution in [0.2, 0.25) is 0 Å². The van der Waals surface area contributed by atoms with Gasteiger partial charge in [0.1, 0.15) is 0 Å². The van der Waals surface area contributed by atoms with Gasteiger partial charge in [-0.1, -0.05) is 42.8 Å². The Morgan fingerprint density at radius 1 is 1.06 bits per heavy atom. The molecule has 0 fully saturated rings. The van der Waals surface area contributed by atoms with Crippen LogP contribution in [0.5, 0.6) is 0 Å². The molecule has 1 aromatic carbocycles. The lowest BCUT2D eigenvalue weighted by Crippen LogP contribution is -1.99. The summed E-state index contributed by atoms with van der Waals surface area (Å²) in [5, 5.41) is 0. The van der Waals surface area contributed by atoms with Gasteiger partial charge in [0.05, 0.1) is 0 Å². The molecule has 1 heterocycles. The predicted octanol–water partition coefficient (Wildman–Crippen LogP) is 3.93. The third kappa shape index (κ3) is 2.30. The minimum absolute atomic E-state index is 0.467. The van der Waals surface area contributed by atoms with Crippen LogP contribution in [-0.2, 0) is 0 Å². The van der Waals surface area contributed by atoms with Gasteiger partial charge >= 0.3 is 0 Å². The molecule has 0 bridgehead atoms. The third-order valence-corrected chi connectivity index (χ3v) is 2.97. The Balaban J connectivity index is 2.33. The van der Waals surface area contributed by atoms with E-state index in [1.807, 2.05) is 18.5 Å². The van der Waals surface area contributed by atoms with Crippen molar-refractivity contribution in [1.29, 1.82) is 0 Å². The van der Waals surface area contributed by atoms with E-state index in [9.17, 15) is 0 Å². The summed E-state index contributed by atoms with van der Waals surface area (Å²) in [7, 11) is 0. The number of pyridine rings is 1. The Morgan fingerprint density at radius 2 is 1.81 bits per heavy atom. The van der Waals surface area contributed by atoms with E-state index >= 15 is 0 Å². The molecule has 0 aliphatic carbocycles. The molecule has 0 N–H and O–H groups in total. The second-order valence-electron chi connectivity index (χ2n) is 4.16. The molecule has 16 heavy (non-hydrogen) atoms. The molecule has 1 heteroatoms. The van der Waals surface area contributed by atoms with Crippen molar-refractivity contribution in [3.63, 3.8) is 0 Å². The quantitative estimate of drug-likeness (QED) is 0.749. The first kappa shape index (κ1) is 10.9. The number of nitrogens with zero attached hydrogens (tertiary/aromatic N) is 1. The van der Waals surface area contributed by atoms with Gasteiger partial charge in [-0.2, -0.15) is 0 Å². The smallest absolute Gasteiger partial charge is 0.0306 e. The summed E-state index contributed by atoms with van der Waals surface area (Å²) in [5.74, 6) is 0.467. The topological polar surface area (TPSA) is 12.9 Å². The van der Waals surface area contributed by atoms with Crippen LogP contribution < -0.4 is 0 Å². The molecule has 0 saturated carbocycles. The first-order valence-corrected chi connectivity index (χ1v) is 5.77. The molecule has 0 aliphatic heterocycles. The minimum atomic E-state index is 0.467. The Bertz CT molecular complexity index is 431. The fraction of sp³-hybridized carbons (Fsp3) is 0.267. The average Bonchev–Trinajstić information content (AvgIpc) is 2.34. The van der Waals surface area contributed by atoms with E-state index in [2.05, 4.69) is 49.2 Å². The van der Waals surface area contributed by atoms with Crippen molar-refractivity contribution in [2.45, 2.75) is 26.2 Å². The molecular formula is C15H17N. The number of benzene rings is 1. The molecule has 1 atom stereocenters. The van der Waals surface area contributed by atoms with Gasteiger partial charge in [0.25, 0.3) is 0 Å². The van der Waals surface area contributed by atoms with E-state index in [1.54, 1.807) is 0 Å². The lowest BCUT2D eigenvalue weighted by Gasteiger charge is -2.15. The van der Waals surface area contributed by atoms with Crippen LogP contribution in [0.3, 0.4) is 0 Å². The summed E-state index contributed by atoms with van der Waals surface area (Å²) in [6, 6.07) is 12.9. The zero-order chi connectivity index (χ0) is 11.4. The highest BCUT2D eigenvalue weighted by Crippen LogP contribution is 2.27. The summed E-state index contributed by atoms with van der Waals surface area (Å²) in [5.41, 5.74) is 3.99. The zero-order valence-corrected chi connectivity index (χ0v) is 9.85. The van der Waals surface area contributed by atoms with Gasteiger partial charge in [-0.15, -0.1) is 0 Å². The summed E-state index contributed by atoms with van der Waals surface area (Å²) in [6.45, 7) is 4.34. The highest BCUT2D eigenvalue weighted by molar-refractivity contribution is 5.32. The summed E-state index contributed by atoms with van der Waals surface area (Å²) in [6.07, 6.45) is 4.90. The van der Waals surface area contributed by atoms with Crippen molar-refractivity contribution in [3.05, 3.63) is 65.5 Å². The fourth-order valence-corrected chi connectivity index (χ4v) is 2.04. The summed E-state index contributed by atoms with van der Waals surface area (Å²) >= 11 is 0. The molecule has 0 radical (unpaired) electrons. The van der Waals surface area contributed by atoms with Crippen LogP contribution in [0, 0.1) is 6.92 Å². The molecule has 82 valence electrons. The molecule has 1 unspecified atom stereocenters. The van der Waals surface area contributed by atoms with Crippen LogP contribution in [0.25, 0.3) is 0 Å². The molecular weight excluding hydrogens is 194 g/mol. The second-order valence-corrected chi connectivity index (χ2v) is 4.16. The fourth-order valence-electron chi connectivity index (χ4n) is 2.04. The van der Waals surface area contributed by atoms with Crippen LogP contribution in [-0.4, -0.2) is 4.98 Å². The number of hydrogen-bond acceptors (Lipinski definition) is 1. The van der Waals surface area contributed by atoms with Crippen molar-refractivity contribution >= 4 is 0 Å². The van der Waals surface area contributed by atoms with Gasteiger partial charge in [0.15, 0.2) is 0 Å². The maximum Gasteiger partial charge on any atom is 0.0306 e. The van der Waals surface area contributed by atoms with E-state index < -0.39 is 0 Å². The standard InChI is InChI=1S/C15H17N/c1-3-15(14-5-4-10-16-11-14)13-8-6-12(2)7-9-13/h4-11,15H,3H2,1-2H3. The number of aryl methyl sites for hydroxylation is 1. The van der Waals surface area contributed by atoms with E-state index in [0.717, 1.165) is 6.42 Å². The zero-order valence-electron chi connectivity index (χ0n) is 9.85. The van der Waals surface area contributed by atoms with Gasteiger partial charge in [-0.3, -0.25) is 4.98 Å². The highest BCUT2D eigenvalue weighted by Gasteiger charge is 2.11. The molecule has 0 spiro atoms. The summed E-state index contributed by atoms with van der Waals surface area (Å²) < 4.78 is 0. The molecule has 2 rings (SSSR count). The Morgan fingerprint density at radius 3 is 2.38 bits per heavy atom. The lowest BCUT2D eigenvalue weighted by molar-refractivity contribution is 0.772. The molecule has 0 aliphatic rings. The van der Waals surface area contributed by atoms with Gasteiger partial charge in [-0.25, -0.2) is 0 Å². The van der Waals surface area contributed by atoms with Gasteiger partial charge < -0.3 is 0 Å². The van der Waals surface area contributed by atoms with Crippen LogP contribution in [0.4, 0.5) is 0 Å². The van der Waals surface area contributed by atoms with E-state index in [0.29, 0.717) is 5.92 Å². The number of hydrogen-bond donors (Lipinski definition) is 0. The first-order chi connectivity index (χ1) is 7.81. The minimum Gasteiger partial charge on any atom is -0.264 e. The molecule has 2 aromatic rings. The third-order valence-electron chi connectivity index (χ3n) is 2.97. The van der Waals surface area contributed by atoms with Crippen LogP contribution in [0.1, 0.15) is 36.0 Å². The maximum atomic E-state index is 4.20. The monoisotopic (exact) mass is 211 g/mol. The van der Waals surface area contributed by atoms with Gasteiger partial charge in [0, 0.05) is 18.3 Å². The van der Waals surface area contributed by atoms with Crippen molar-refractivity contribution in [2.75, 3.05) is 0 Å². The van der Waals surface area contributed by atoms with Gasteiger partial charge in [0.2, 0.25) is 0 Å². The van der Waals surface area contributed by atoms with Crippen molar-refractivity contribution in [1.82, 2.24) is 4.98 Å². The lowest BCUT2D eigenvalue weighted by atomic mass is 9.90. The molecule has 1 nitrogen and oxygen atoms in total.